The largest absolute Gasteiger partial charge is 0.496 e. The highest BCUT2D eigenvalue weighted by molar-refractivity contribution is 6.03. The summed E-state index contributed by atoms with van der Waals surface area (Å²) in [6.07, 6.45) is 0.0583. The van der Waals surface area contributed by atoms with E-state index < -0.39 is 5.82 Å². The summed E-state index contributed by atoms with van der Waals surface area (Å²) in [5.74, 6) is 1.11. The second-order valence-electron chi connectivity index (χ2n) is 4.66. The minimum absolute atomic E-state index is 0.0583. The Morgan fingerprint density at radius 2 is 1.90 bits per heavy atom. The molecule has 1 aliphatic heterocycles. The van der Waals surface area contributed by atoms with Crippen molar-refractivity contribution in [2.75, 3.05) is 14.2 Å². The maximum absolute atomic E-state index is 13.3. The molecule has 21 heavy (non-hydrogen) atoms. The van der Waals surface area contributed by atoms with Gasteiger partial charge < -0.3 is 14.2 Å². The molecule has 2 aromatic rings. The van der Waals surface area contributed by atoms with Crippen molar-refractivity contribution < 1.29 is 23.4 Å². The van der Waals surface area contributed by atoms with Crippen molar-refractivity contribution in [1.82, 2.24) is 0 Å². The third kappa shape index (κ3) is 2.31. The summed E-state index contributed by atoms with van der Waals surface area (Å²) in [6, 6.07) is 7.36. The van der Waals surface area contributed by atoms with Gasteiger partial charge in [-0.05, 0) is 18.2 Å². The van der Waals surface area contributed by atoms with Gasteiger partial charge in [0.1, 0.15) is 34.4 Å². The number of halogens is 1. The molecule has 0 fully saturated rings. The van der Waals surface area contributed by atoms with E-state index in [2.05, 4.69) is 0 Å². The van der Waals surface area contributed by atoms with Crippen molar-refractivity contribution in [1.29, 1.82) is 0 Å². The maximum Gasteiger partial charge on any atom is 0.174 e. The molecule has 1 heterocycles. The van der Waals surface area contributed by atoms with E-state index in [1.807, 2.05) is 0 Å². The van der Waals surface area contributed by atoms with Crippen molar-refractivity contribution >= 4 is 5.78 Å². The number of hydrogen-bond donors (Lipinski definition) is 0. The fourth-order valence-corrected chi connectivity index (χ4v) is 2.37. The van der Waals surface area contributed by atoms with Gasteiger partial charge in [-0.25, -0.2) is 4.39 Å². The van der Waals surface area contributed by atoms with Crippen molar-refractivity contribution in [3.63, 3.8) is 0 Å². The van der Waals surface area contributed by atoms with Gasteiger partial charge in [0.05, 0.1) is 14.2 Å². The standard InChI is InChI=1S/C16H13FO4/c1-19-11-7-14(20-2)16-12(18)6-9-5-10(17)3-4-13(9)21-15(16)8-11/h3-5,7-8H,6H2,1-2H3. The Morgan fingerprint density at radius 3 is 2.62 bits per heavy atom. The van der Waals surface area contributed by atoms with Crippen molar-refractivity contribution in [2.24, 2.45) is 0 Å². The van der Waals surface area contributed by atoms with Gasteiger partial charge in [-0.15, -0.1) is 0 Å². The van der Waals surface area contributed by atoms with Gasteiger partial charge in [0.2, 0.25) is 0 Å². The summed E-state index contributed by atoms with van der Waals surface area (Å²) in [5.41, 5.74) is 0.854. The maximum atomic E-state index is 13.3. The molecular weight excluding hydrogens is 275 g/mol. The molecule has 0 N–H and O–H groups in total. The predicted molar refractivity (Wildman–Crippen MR) is 74.1 cm³/mol. The smallest absolute Gasteiger partial charge is 0.174 e. The highest BCUT2D eigenvalue weighted by Gasteiger charge is 2.26. The number of ether oxygens (including phenoxy) is 3. The van der Waals surface area contributed by atoms with E-state index in [4.69, 9.17) is 14.2 Å². The van der Waals surface area contributed by atoms with Gasteiger partial charge in [0.15, 0.2) is 5.78 Å². The molecule has 0 saturated carbocycles. The van der Waals surface area contributed by atoms with Crippen LogP contribution in [0.1, 0.15) is 15.9 Å². The number of carbonyl (C=O) groups is 1. The van der Waals surface area contributed by atoms with Gasteiger partial charge in [0.25, 0.3) is 0 Å². The molecule has 0 aliphatic carbocycles. The molecular formula is C16H13FO4. The molecule has 5 heteroatoms. The molecule has 2 aromatic carbocycles. The summed E-state index contributed by atoms with van der Waals surface area (Å²) >= 11 is 0. The van der Waals surface area contributed by atoms with E-state index in [-0.39, 0.29) is 12.2 Å². The van der Waals surface area contributed by atoms with Crippen LogP contribution < -0.4 is 14.2 Å². The van der Waals surface area contributed by atoms with Crippen LogP contribution in [0.15, 0.2) is 30.3 Å². The van der Waals surface area contributed by atoms with E-state index in [0.29, 0.717) is 34.1 Å². The van der Waals surface area contributed by atoms with Crippen LogP contribution in [0.25, 0.3) is 0 Å². The number of Topliss-reactive ketones (excluding diaryl/α,β-unsaturated/α-hetero) is 1. The lowest BCUT2D eigenvalue weighted by atomic mass is 10.0. The van der Waals surface area contributed by atoms with Gasteiger partial charge in [-0.3, -0.25) is 4.79 Å². The monoisotopic (exact) mass is 288 g/mol. The number of ketones is 1. The Morgan fingerprint density at radius 1 is 1.10 bits per heavy atom. The first-order valence-electron chi connectivity index (χ1n) is 6.38. The summed E-state index contributed by atoms with van der Waals surface area (Å²) in [6.45, 7) is 0. The number of benzene rings is 2. The molecule has 0 atom stereocenters. The van der Waals surface area contributed by atoms with Crippen LogP contribution in [0, 0.1) is 5.82 Å². The topological polar surface area (TPSA) is 44.8 Å². The van der Waals surface area contributed by atoms with Crippen LogP contribution in [0.2, 0.25) is 0 Å². The molecule has 0 spiro atoms. The van der Waals surface area contributed by atoms with Crippen LogP contribution in [0.4, 0.5) is 4.39 Å². The van der Waals surface area contributed by atoms with Gasteiger partial charge in [0, 0.05) is 24.1 Å². The Hall–Kier alpha value is -2.56. The number of hydrogen-bond acceptors (Lipinski definition) is 4. The fraction of sp³-hybridized carbons (Fsp3) is 0.188. The van der Waals surface area contributed by atoms with E-state index in [0.717, 1.165) is 0 Å². The quantitative estimate of drug-likeness (QED) is 0.850. The lowest BCUT2D eigenvalue weighted by Crippen LogP contribution is -2.05. The average molecular weight is 288 g/mol. The third-order valence-corrected chi connectivity index (χ3v) is 3.37. The first-order chi connectivity index (χ1) is 10.1. The molecule has 3 rings (SSSR count). The second-order valence-corrected chi connectivity index (χ2v) is 4.66. The van der Waals surface area contributed by atoms with Crippen LogP contribution in [-0.4, -0.2) is 20.0 Å². The summed E-state index contributed by atoms with van der Waals surface area (Å²) in [4.78, 5) is 12.4. The summed E-state index contributed by atoms with van der Waals surface area (Å²) in [7, 11) is 2.99. The Bertz CT molecular complexity index is 724. The van der Waals surface area contributed by atoms with Crippen LogP contribution >= 0.6 is 0 Å². The molecule has 0 bridgehead atoms. The van der Waals surface area contributed by atoms with E-state index in [1.165, 1.54) is 32.4 Å². The summed E-state index contributed by atoms with van der Waals surface area (Å²) < 4.78 is 29.5. The Balaban J connectivity index is 2.19. The number of methoxy groups -OCH3 is 2. The van der Waals surface area contributed by atoms with E-state index in [1.54, 1.807) is 12.1 Å². The molecule has 0 aromatic heterocycles. The van der Waals surface area contributed by atoms with Gasteiger partial charge in [-0.1, -0.05) is 0 Å². The molecule has 4 nitrogen and oxygen atoms in total. The zero-order valence-corrected chi connectivity index (χ0v) is 11.6. The fourth-order valence-electron chi connectivity index (χ4n) is 2.37. The number of carbonyl (C=O) groups excluding carboxylic acids is 1. The third-order valence-electron chi connectivity index (χ3n) is 3.37. The number of rotatable bonds is 2. The lowest BCUT2D eigenvalue weighted by molar-refractivity contribution is 0.0990. The highest BCUT2D eigenvalue weighted by atomic mass is 19.1. The van der Waals surface area contributed by atoms with Crippen LogP contribution in [0.5, 0.6) is 23.0 Å². The van der Waals surface area contributed by atoms with Crippen LogP contribution in [-0.2, 0) is 6.42 Å². The van der Waals surface area contributed by atoms with Crippen molar-refractivity contribution in [2.45, 2.75) is 6.42 Å². The molecule has 1 aliphatic rings. The Labute approximate surface area is 121 Å². The zero-order valence-electron chi connectivity index (χ0n) is 11.6. The highest BCUT2D eigenvalue weighted by Crippen LogP contribution is 2.41. The predicted octanol–water partition coefficient (Wildman–Crippen LogP) is 3.37. The Kier molecular flexibility index (Phi) is 3.25. The number of fused-ring (bicyclic) bond motifs is 2. The molecule has 108 valence electrons. The minimum atomic E-state index is -0.402. The summed E-state index contributed by atoms with van der Waals surface area (Å²) in [5, 5.41) is 0. The van der Waals surface area contributed by atoms with Crippen molar-refractivity contribution in [3.05, 3.63) is 47.3 Å². The normalized spacial score (nSPS) is 12.8. The molecule has 0 unspecified atom stereocenters. The SMILES string of the molecule is COc1cc(OC)c2c(c1)Oc1ccc(F)cc1CC2=O. The zero-order chi connectivity index (χ0) is 15.0. The first kappa shape index (κ1) is 13.4. The first-order valence-corrected chi connectivity index (χ1v) is 6.38. The lowest BCUT2D eigenvalue weighted by Gasteiger charge is -2.13. The molecule has 0 radical (unpaired) electrons. The van der Waals surface area contributed by atoms with E-state index in [9.17, 15) is 9.18 Å². The van der Waals surface area contributed by atoms with Gasteiger partial charge >= 0.3 is 0 Å². The molecule has 0 saturated heterocycles. The van der Waals surface area contributed by atoms with E-state index >= 15 is 0 Å². The minimum Gasteiger partial charge on any atom is -0.496 e. The average Bonchev–Trinajstić information content (AvgIpc) is 2.61. The van der Waals surface area contributed by atoms with Gasteiger partial charge in [-0.2, -0.15) is 0 Å². The van der Waals surface area contributed by atoms with Crippen molar-refractivity contribution in [3.8, 4) is 23.0 Å². The van der Waals surface area contributed by atoms with Crippen LogP contribution in [0.3, 0.4) is 0 Å². The molecule has 0 amide bonds. The second kappa shape index (κ2) is 5.09.